The van der Waals surface area contributed by atoms with Crippen LogP contribution in [0.4, 0.5) is 0 Å². The standard InChI is InChI=1S/C10H9ClN2O/c1-7-2-4-8(5-3-7)6-9-12-10(11)13-14-9/h2-5H,6H2,1H3. The van der Waals surface area contributed by atoms with Gasteiger partial charge in [-0.15, -0.1) is 0 Å². The molecule has 1 aromatic carbocycles. The van der Waals surface area contributed by atoms with E-state index in [1.165, 1.54) is 5.56 Å². The summed E-state index contributed by atoms with van der Waals surface area (Å²) >= 11 is 5.54. The van der Waals surface area contributed by atoms with Crippen molar-refractivity contribution in [3.8, 4) is 0 Å². The summed E-state index contributed by atoms with van der Waals surface area (Å²) in [6.45, 7) is 2.05. The van der Waals surface area contributed by atoms with Crippen LogP contribution in [0.2, 0.25) is 5.28 Å². The lowest BCUT2D eigenvalue weighted by atomic mass is 10.1. The summed E-state index contributed by atoms with van der Waals surface area (Å²) in [5.41, 5.74) is 2.37. The molecule has 0 amide bonds. The fraction of sp³-hybridized carbons (Fsp3) is 0.200. The summed E-state index contributed by atoms with van der Waals surface area (Å²) in [6.07, 6.45) is 0.625. The van der Waals surface area contributed by atoms with Crippen molar-refractivity contribution in [1.82, 2.24) is 10.1 Å². The lowest BCUT2D eigenvalue weighted by Crippen LogP contribution is -1.87. The molecule has 0 radical (unpaired) electrons. The van der Waals surface area contributed by atoms with Gasteiger partial charge in [0.2, 0.25) is 5.89 Å². The molecule has 0 aliphatic carbocycles. The minimum Gasteiger partial charge on any atom is -0.338 e. The number of halogens is 1. The highest BCUT2D eigenvalue weighted by Gasteiger charge is 2.04. The van der Waals surface area contributed by atoms with Gasteiger partial charge in [0, 0.05) is 0 Å². The van der Waals surface area contributed by atoms with Gasteiger partial charge in [0.15, 0.2) is 0 Å². The molecule has 1 aromatic heterocycles. The molecule has 72 valence electrons. The Hall–Kier alpha value is -1.35. The summed E-state index contributed by atoms with van der Waals surface area (Å²) in [4.78, 5) is 3.92. The summed E-state index contributed by atoms with van der Waals surface area (Å²) in [5.74, 6) is 0.541. The van der Waals surface area contributed by atoms with Crippen molar-refractivity contribution < 1.29 is 4.52 Å². The SMILES string of the molecule is Cc1ccc(Cc2nc(Cl)no2)cc1. The van der Waals surface area contributed by atoms with Crippen LogP contribution in [-0.4, -0.2) is 10.1 Å². The average molecular weight is 209 g/mol. The molecule has 0 atom stereocenters. The minimum absolute atomic E-state index is 0.159. The monoisotopic (exact) mass is 208 g/mol. The molecule has 2 rings (SSSR count). The zero-order chi connectivity index (χ0) is 9.97. The van der Waals surface area contributed by atoms with E-state index < -0.39 is 0 Å². The lowest BCUT2D eigenvalue weighted by molar-refractivity contribution is 0.384. The molecule has 2 aromatic rings. The highest BCUT2D eigenvalue weighted by Crippen LogP contribution is 2.10. The zero-order valence-electron chi connectivity index (χ0n) is 7.70. The maximum Gasteiger partial charge on any atom is 0.263 e. The number of aryl methyl sites for hydroxylation is 1. The quantitative estimate of drug-likeness (QED) is 0.762. The van der Waals surface area contributed by atoms with E-state index in [1.807, 2.05) is 31.2 Å². The van der Waals surface area contributed by atoms with Crippen LogP contribution in [0, 0.1) is 6.92 Å². The van der Waals surface area contributed by atoms with Crippen molar-refractivity contribution in [3.63, 3.8) is 0 Å². The average Bonchev–Trinajstić information content (AvgIpc) is 2.56. The number of rotatable bonds is 2. The third kappa shape index (κ3) is 2.12. The number of nitrogens with zero attached hydrogens (tertiary/aromatic N) is 2. The molecule has 0 aliphatic rings. The molecule has 0 fully saturated rings. The Morgan fingerprint density at radius 3 is 2.57 bits per heavy atom. The summed E-state index contributed by atoms with van der Waals surface area (Å²) in [5, 5.41) is 3.67. The van der Waals surface area contributed by atoms with E-state index >= 15 is 0 Å². The van der Waals surface area contributed by atoms with Crippen molar-refractivity contribution in [2.24, 2.45) is 0 Å². The van der Waals surface area contributed by atoms with Gasteiger partial charge < -0.3 is 4.52 Å². The normalized spacial score (nSPS) is 10.4. The summed E-state index contributed by atoms with van der Waals surface area (Å²) in [7, 11) is 0. The first-order chi connectivity index (χ1) is 6.74. The topological polar surface area (TPSA) is 38.9 Å². The van der Waals surface area contributed by atoms with E-state index in [0.29, 0.717) is 12.3 Å². The zero-order valence-corrected chi connectivity index (χ0v) is 8.45. The molecule has 0 aliphatic heterocycles. The third-order valence-electron chi connectivity index (χ3n) is 1.92. The second kappa shape index (κ2) is 3.80. The minimum atomic E-state index is 0.159. The lowest BCUT2D eigenvalue weighted by Gasteiger charge is -1.96. The maximum absolute atomic E-state index is 5.54. The molecule has 0 bridgehead atoms. The molecule has 0 saturated carbocycles. The number of benzene rings is 1. The van der Waals surface area contributed by atoms with Crippen LogP contribution in [0.15, 0.2) is 28.8 Å². The molecule has 0 unspecified atom stereocenters. The van der Waals surface area contributed by atoms with Crippen LogP contribution in [0.3, 0.4) is 0 Å². The Balaban J connectivity index is 2.15. The Kier molecular flexibility index (Phi) is 2.50. The van der Waals surface area contributed by atoms with E-state index in [-0.39, 0.29) is 5.28 Å². The number of hydrogen-bond donors (Lipinski definition) is 0. The Morgan fingerprint density at radius 2 is 2.00 bits per heavy atom. The van der Waals surface area contributed by atoms with Gasteiger partial charge in [-0.1, -0.05) is 29.8 Å². The molecular formula is C10H9ClN2O. The van der Waals surface area contributed by atoms with Crippen LogP contribution >= 0.6 is 11.6 Å². The van der Waals surface area contributed by atoms with Gasteiger partial charge in [-0.05, 0) is 29.2 Å². The van der Waals surface area contributed by atoms with Crippen LogP contribution in [-0.2, 0) is 6.42 Å². The second-order valence-corrected chi connectivity index (χ2v) is 3.46. The second-order valence-electron chi connectivity index (χ2n) is 3.12. The molecule has 3 nitrogen and oxygen atoms in total. The first-order valence-electron chi connectivity index (χ1n) is 4.27. The van der Waals surface area contributed by atoms with Crippen molar-refractivity contribution in [2.75, 3.05) is 0 Å². The predicted octanol–water partition coefficient (Wildman–Crippen LogP) is 2.62. The smallest absolute Gasteiger partial charge is 0.263 e. The van der Waals surface area contributed by atoms with Gasteiger partial charge in [0.05, 0.1) is 6.42 Å². The van der Waals surface area contributed by atoms with E-state index in [2.05, 4.69) is 10.1 Å². The largest absolute Gasteiger partial charge is 0.338 e. The Labute approximate surface area is 86.7 Å². The first kappa shape index (κ1) is 9.21. The molecule has 14 heavy (non-hydrogen) atoms. The molecule has 4 heteroatoms. The van der Waals surface area contributed by atoms with Crippen molar-refractivity contribution >= 4 is 11.6 Å². The molecule has 1 heterocycles. The number of hydrogen-bond acceptors (Lipinski definition) is 3. The molecule has 0 spiro atoms. The molecular weight excluding hydrogens is 200 g/mol. The van der Waals surface area contributed by atoms with Crippen LogP contribution in [0.5, 0.6) is 0 Å². The van der Waals surface area contributed by atoms with Crippen LogP contribution < -0.4 is 0 Å². The highest BCUT2D eigenvalue weighted by molar-refractivity contribution is 6.28. The van der Waals surface area contributed by atoms with E-state index in [1.54, 1.807) is 0 Å². The van der Waals surface area contributed by atoms with Crippen molar-refractivity contribution in [2.45, 2.75) is 13.3 Å². The highest BCUT2D eigenvalue weighted by atomic mass is 35.5. The van der Waals surface area contributed by atoms with Crippen LogP contribution in [0.25, 0.3) is 0 Å². The molecule has 0 N–H and O–H groups in total. The van der Waals surface area contributed by atoms with Gasteiger partial charge in [0.1, 0.15) is 0 Å². The van der Waals surface area contributed by atoms with Gasteiger partial charge >= 0.3 is 0 Å². The fourth-order valence-corrected chi connectivity index (χ4v) is 1.32. The Bertz CT molecular complexity index is 422. The summed E-state index contributed by atoms with van der Waals surface area (Å²) in [6, 6.07) is 8.17. The predicted molar refractivity (Wildman–Crippen MR) is 53.3 cm³/mol. The van der Waals surface area contributed by atoms with E-state index in [4.69, 9.17) is 16.1 Å². The van der Waals surface area contributed by atoms with Crippen molar-refractivity contribution in [3.05, 3.63) is 46.6 Å². The van der Waals surface area contributed by atoms with Gasteiger partial charge in [0.25, 0.3) is 5.28 Å². The maximum atomic E-state index is 5.54. The van der Waals surface area contributed by atoms with E-state index in [0.717, 1.165) is 5.56 Å². The first-order valence-corrected chi connectivity index (χ1v) is 4.65. The van der Waals surface area contributed by atoms with Crippen molar-refractivity contribution in [1.29, 1.82) is 0 Å². The fourth-order valence-electron chi connectivity index (χ4n) is 1.19. The van der Waals surface area contributed by atoms with Gasteiger partial charge in [-0.25, -0.2) is 0 Å². The number of aromatic nitrogens is 2. The third-order valence-corrected chi connectivity index (χ3v) is 2.07. The Morgan fingerprint density at radius 1 is 1.29 bits per heavy atom. The van der Waals surface area contributed by atoms with Crippen LogP contribution in [0.1, 0.15) is 17.0 Å². The van der Waals surface area contributed by atoms with Gasteiger partial charge in [-0.2, -0.15) is 4.98 Å². The van der Waals surface area contributed by atoms with Gasteiger partial charge in [-0.3, -0.25) is 0 Å². The van der Waals surface area contributed by atoms with E-state index in [9.17, 15) is 0 Å². The molecule has 0 saturated heterocycles. The summed E-state index contributed by atoms with van der Waals surface area (Å²) < 4.78 is 4.91.